The molecule has 0 amide bonds. The van der Waals surface area contributed by atoms with Gasteiger partial charge in [-0.2, -0.15) is 0 Å². The highest BCUT2D eigenvalue weighted by molar-refractivity contribution is 5.86. The molecule has 1 unspecified atom stereocenters. The minimum absolute atomic E-state index is 0.579. The summed E-state index contributed by atoms with van der Waals surface area (Å²) >= 11 is 0. The highest BCUT2D eigenvalue weighted by Crippen LogP contribution is 2.36. The lowest BCUT2D eigenvalue weighted by Gasteiger charge is -2.12. The van der Waals surface area contributed by atoms with Crippen molar-refractivity contribution < 1.29 is 0 Å². The summed E-state index contributed by atoms with van der Waals surface area (Å²) < 4.78 is 2.26. The summed E-state index contributed by atoms with van der Waals surface area (Å²) in [5.74, 6) is 1.40. The van der Waals surface area contributed by atoms with Crippen LogP contribution in [0.1, 0.15) is 32.2 Å². The molecule has 0 aliphatic heterocycles. The van der Waals surface area contributed by atoms with E-state index in [1.54, 1.807) is 6.33 Å². The number of hydrogen-bond acceptors (Lipinski definition) is 3. The van der Waals surface area contributed by atoms with Gasteiger partial charge in [-0.15, -0.1) is 0 Å². The van der Waals surface area contributed by atoms with Gasteiger partial charge in [0.2, 0.25) is 0 Å². The van der Waals surface area contributed by atoms with Crippen LogP contribution in [0.3, 0.4) is 0 Å². The summed E-state index contributed by atoms with van der Waals surface area (Å²) in [6.07, 6.45) is 7.44. The maximum absolute atomic E-state index is 5.83. The van der Waals surface area contributed by atoms with Gasteiger partial charge in [0.25, 0.3) is 0 Å². The van der Waals surface area contributed by atoms with Crippen LogP contribution in [0.25, 0.3) is 11.0 Å². The number of rotatable bonds is 1. The Labute approximate surface area is 94.5 Å². The molecule has 2 atom stereocenters. The van der Waals surface area contributed by atoms with Crippen LogP contribution in [0.5, 0.6) is 0 Å². The first-order valence-corrected chi connectivity index (χ1v) is 5.82. The van der Waals surface area contributed by atoms with Gasteiger partial charge in [0.15, 0.2) is 0 Å². The van der Waals surface area contributed by atoms with Gasteiger partial charge in [-0.05, 0) is 31.2 Å². The van der Waals surface area contributed by atoms with E-state index >= 15 is 0 Å². The summed E-state index contributed by atoms with van der Waals surface area (Å²) in [6.45, 7) is 2.31. The summed E-state index contributed by atoms with van der Waals surface area (Å²) in [5, 5.41) is 0.974. The fourth-order valence-corrected chi connectivity index (χ4v) is 2.71. The highest BCUT2D eigenvalue weighted by Gasteiger charge is 2.24. The highest BCUT2D eigenvalue weighted by atomic mass is 15.1. The number of nitrogens with two attached hydrogens (primary N) is 1. The average molecular weight is 216 g/mol. The smallest absolute Gasteiger partial charge is 0.145 e. The molecule has 0 bridgehead atoms. The van der Waals surface area contributed by atoms with Crippen molar-refractivity contribution in [3.8, 4) is 0 Å². The Hall–Kier alpha value is -1.58. The van der Waals surface area contributed by atoms with Crippen LogP contribution in [0, 0.1) is 5.92 Å². The lowest BCUT2D eigenvalue weighted by molar-refractivity contribution is 0.504. The van der Waals surface area contributed by atoms with Gasteiger partial charge < -0.3 is 10.3 Å². The van der Waals surface area contributed by atoms with E-state index < -0.39 is 0 Å². The van der Waals surface area contributed by atoms with Crippen LogP contribution in [0.15, 0.2) is 18.6 Å². The second kappa shape index (κ2) is 3.47. The monoisotopic (exact) mass is 216 g/mol. The second-order valence-corrected chi connectivity index (χ2v) is 4.79. The Morgan fingerprint density at radius 3 is 3.00 bits per heavy atom. The zero-order chi connectivity index (χ0) is 11.1. The second-order valence-electron chi connectivity index (χ2n) is 4.79. The molecule has 1 saturated carbocycles. The van der Waals surface area contributed by atoms with Crippen molar-refractivity contribution in [3.05, 3.63) is 18.6 Å². The number of hydrogen-bond donors (Lipinski definition) is 1. The minimum atomic E-state index is 0.579. The molecule has 84 valence electrons. The molecule has 1 fully saturated rings. The van der Waals surface area contributed by atoms with Gasteiger partial charge in [-0.3, -0.25) is 0 Å². The van der Waals surface area contributed by atoms with Crippen LogP contribution in [0.4, 0.5) is 5.82 Å². The van der Waals surface area contributed by atoms with E-state index in [-0.39, 0.29) is 0 Å². The third-order valence-corrected chi connectivity index (χ3v) is 3.60. The molecule has 16 heavy (non-hydrogen) atoms. The third-order valence-electron chi connectivity index (χ3n) is 3.60. The molecule has 2 aromatic heterocycles. The van der Waals surface area contributed by atoms with Crippen molar-refractivity contribution in [2.45, 2.75) is 32.2 Å². The fourth-order valence-electron chi connectivity index (χ4n) is 2.71. The molecule has 4 heteroatoms. The molecule has 2 heterocycles. The van der Waals surface area contributed by atoms with E-state index in [0.29, 0.717) is 11.9 Å². The van der Waals surface area contributed by atoms with E-state index in [1.807, 2.05) is 6.07 Å². The van der Waals surface area contributed by atoms with Crippen LogP contribution in [-0.4, -0.2) is 14.5 Å². The number of nitrogens with zero attached hydrogens (tertiary/aromatic N) is 3. The molecule has 3 rings (SSSR count). The molecule has 1 aliphatic carbocycles. The van der Waals surface area contributed by atoms with Crippen LogP contribution in [0.2, 0.25) is 0 Å². The summed E-state index contributed by atoms with van der Waals surface area (Å²) in [6, 6.07) is 2.61. The summed E-state index contributed by atoms with van der Waals surface area (Å²) in [4.78, 5) is 8.36. The Morgan fingerprint density at radius 1 is 1.38 bits per heavy atom. The lowest BCUT2D eigenvalue weighted by Crippen LogP contribution is -2.05. The molecular weight excluding hydrogens is 200 g/mol. The zero-order valence-electron chi connectivity index (χ0n) is 9.43. The van der Waals surface area contributed by atoms with Crippen molar-refractivity contribution in [2.24, 2.45) is 5.92 Å². The number of anilines is 1. The molecular formula is C12H16N4. The lowest BCUT2D eigenvalue weighted by atomic mass is 10.1. The molecule has 0 saturated heterocycles. The Bertz CT molecular complexity index is 517. The molecule has 2 aromatic rings. The molecule has 0 aromatic carbocycles. The van der Waals surface area contributed by atoms with E-state index in [2.05, 4.69) is 27.7 Å². The maximum Gasteiger partial charge on any atom is 0.145 e. The standard InChI is InChI=1S/C12H16N4/c1-8-2-3-9(6-8)16-5-4-10-11(13)14-7-15-12(10)16/h4-5,7-9H,2-3,6H2,1H3,(H2,13,14,15)/t8-,9?/m0/s1. The van der Waals surface area contributed by atoms with Gasteiger partial charge in [0, 0.05) is 12.2 Å². The maximum atomic E-state index is 5.83. The SMILES string of the molecule is C[C@H]1CCC(n2ccc3c(N)ncnc32)C1. The predicted octanol–water partition coefficient (Wildman–Crippen LogP) is 2.37. The summed E-state index contributed by atoms with van der Waals surface area (Å²) in [5.41, 5.74) is 6.81. The van der Waals surface area contributed by atoms with E-state index in [9.17, 15) is 0 Å². The molecule has 2 N–H and O–H groups in total. The Morgan fingerprint density at radius 2 is 2.25 bits per heavy atom. The zero-order valence-corrected chi connectivity index (χ0v) is 9.43. The van der Waals surface area contributed by atoms with E-state index in [0.717, 1.165) is 17.0 Å². The van der Waals surface area contributed by atoms with Gasteiger partial charge in [-0.25, -0.2) is 9.97 Å². The predicted molar refractivity (Wildman–Crippen MR) is 64.0 cm³/mol. The van der Waals surface area contributed by atoms with Crippen molar-refractivity contribution in [3.63, 3.8) is 0 Å². The number of fused-ring (bicyclic) bond motifs is 1. The van der Waals surface area contributed by atoms with Crippen LogP contribution in [-0.2, 0) is 0 Å². The first-order chi connectivity index (χ1) is 7.75. The average Bonchev–Trinajstić information content (AvgIpc) is 2.84. The first kappa shape index (κ1) is 9.63. The Balaban J connectivity index is 2.08. The first-order valence-electron chi connectivity index (χ1n) is 5.82. The third kappa shape index (κ3) is 1.37. The molecule has 4 nitrogen and oxygen atoms in total. The van der Waals surface area contributed by atoms with Crippen molar-refractivity contribution in [2.75, 3.05) is 5.73 Å². The van der Waals surface area contributed by atoms with Crippen molar-refractivity contribution >= 4 is 16.9 Å². The molecule has 0 spiro atoms. The van der Waals surface area contributed by atoms with Crippen LogP contribution >= 0.6 is 0 Å². The fraction of sp³-hybridized carbons (Fsp3) is 0.500. The molecule has 1 aliphatic rings. The van der Waals surface area contributed by atoms with Gasteiger partial charge in [-0.1, -0.05) is 6.92 Å². The minimum Gasteiger partial charge on any atom is -0.383 e. The summed E-state index contributed by atoms with van der Waals surface area (Å²) in [7, 11) is 0. The van der Waals surface area contributed by atoms with E-state index in [1.165, 1.54) is 19.3 Å². The van der Waals surface area contributed by atoms with Gasteiger partial charge in [0.1, 0.15) is 17.8 Å². The number of aromatic nitrogens is 3. The number of nitrogen functional groups attached to an aromatic ring is 1. The van der Waals surface area contributed by atoms with Crippen molar-refractivity contribution in [1.29, 1.82) is 0 Å². The van der Waals surface area contributed by atoms with Gasteiger partial charge >= 0.3 is 0 Å². The molecule has 0 radical (unpaired) electrons. The van der Waals surface area contributed by atoms with Crippen LogP contribution < -0.4 is 5.73 Å². The Kier molecular flexibility index (Phi) is 2.09. The quantitative estimate of drug-likeness (QED) is 0.796. The van der Waals surface area contributed by atoms with E-state index in [4.69, 9.17) is 5.73 Å². The van der Waals surface area contributed by atoms with Gasteiger partial charge in [0.05, 0.1) is 5.39 Å². The largest absolute Gasteiger partial charge is 0.383 e. The normalized spacial score (nSPS) is 25.3. The topological polar surface area (TPSA) is 56.7 Å². The van der Waals surface area contributed by atoms with Crippen molar-refractivity contribution in [1.82, 2.24) is 14.5 Å².